The van der Waals surface area contributed by atoms with Crippen LogP contribution >= 0.6 is 0 Å². The first-order chi connectivity index (χ1) is 11.2. The second kappa shape index (κ2) is 9.28. The summed E-state index contributed by atoms with van der Waals surface area (Å²) < 4.78 is 1.89. The molecule has 1 aliphatic heterocycles. The number of nitrogens with one attached hydrogen (secondary N) is 1. The first-order valence-corrected chi connectivity index (χ1v) is 7.80. The number of carbonyl (C=O) groups excluding carboxylic acids is 1. The van der Waals surface area contributed by atoms with Gasteiger partial charge in [0.25, 0.3) is 0 Å². The van der Waals surface area contributed by atoms with Gasteiger partial charge in [0.05, 0.1) is 6.42 Å². The molecule has 0 aliphatic carbocycles. The Bertz CT molecular complexity index is 749. The summed E-state index contributed by atoms with van der Waals surface area (Å²) in [5.41, 5.74) is 3.69. The summed E-state index contributed by atoms with van der Waals surface area (Å²) in [6, 6.07) is 1.96. The van der Waals surface area contributed by atoms with E-state index in [1.165, 1.54) is 0 Å². The van der Waals surface area contributed by atoms with E-state index in [9.17, 15) is 4.79 Å². The maximum atomic E-state index is 11.4. The molecule has 0 fully saturated rings. The summed E-state index contributed by atoms with van der Waals surface area (Å²) >= 11 is 0. The number of anilines is 1. The van der Waals surface area contributed by atoms with E-state index in [0.29, 0.717) is 12.2 Å². The average molecular weight is 410 g/mol. The van der Waals surface area contributed by atoms with Crippen LogP contribution in [-0.4, -0.2) is 20.4 Å². The molecule has 127 valence electrons. The Hall–Kier alpha value is -2.07. The normalized spacial score (nSPS) is 12.0. The maximum absolute atomic E-state index is 11.4. The number of aromatic nitrogens is 3. The molecule has 2 aromatic rings. The van der Waals surface area contributed by atoms with E-state index >= 15 is 0 Å². The second-order valence-electron chi connectivity index (χ2n) is 4.75. The fourth-order valence-corrected chi connectivity index (χ4v) is 2.41. The van der Waals surface area contributed by atoms with Crippen molar-refractivity contribution in [2.24, 2.45) is 0 Å². The minimum atomic E-state index is -0.0189. The zero-order chi connectivity index (χ0) is 16.8. The van der Waals surface area contributed by atoms with Crippen molar-refractivity contribution in [1.29, 1.82) is 0 Å². The summed E-state index contributed by atoms with van der Waals surface area (Å²) in [6.45, 7) is 9.73. The van der Waals surface area contributed by atoms with Crippen LogP contribution in [-0.2, 0) is 37.1 Å². The van der Waals surface area contributed by atoms with Crippen molar-refractivity contribution in [1.82, 2.24) is 14.5 Å². The van der Waals surface area contributed by atoms with E-state index in [2.05, 4.69) is 35.1 Å². The van der Waals surface area contributed by atoms with Gasteiger partial charge in [0, 0.05) is 12.5 Å². The first-order valence-electron chi connectivity index (χ1n) is 7.80. The van der Waals surface area contributed by atoms with Crippen molar-refractivity contribution in [2.75, 3.05) is 5.32 Å². The van der Waals surface area contributed by atoms with Crippen LogP contribution in [0.3, 0.4) is 0 Å². The number of carbonyl (C=O) groups is 1. The van der Waals surface area contributed by atoms with Crippen molar-refractivity contribution >= 4 is 17.8 Å². The number of hydrogen-bond donors (Lipinski definition) is 1. The molecular weight excluding hydrogens is 389 g/mol. The van der Waals surface area contributed by atoms with Crippen LogP contribution in [0.25, 0.3) is 11.8 Å². The van der Waals surface area contributed by atoms with Gasteiger partial charge in [-0.1, -0.05) is 63.8 Å². The molecule has 1 radical (unpaired) electrons. The third-order valence-electron chi connectivity index (χ3n) is 3.38. The number of imidazole rings is 1. The predicted molar refractivity (Wildman–Crippen MR) is 92.5 cm³/mol. The molecular formula is C18H21N4ORu. The molecule has 5 nitrogen and oxygen atoms in total. The smallest absolute Gasteiger partial charge is 0.429 e. The third-order valence-corrected chi connectivity index (χ3v) is 3.38. The Morgan fingerprint density at radius 2 is 2.21 bits per heavy atom. The van der Waals surface area contributed by atoms with E-state index in [-0.39, 0.29) is 25.4 Å². The quantitative estimate of drug-likeness (QED) is 0.478. The molecule has 0 bridgehead atoms. The minimum absolute atomic E-state index is 0. The Balaban J connectivity index is 0.000000925. The van der Waals surface area contributed by atoms with E-state index in [1.807, 2.05) is 36.6 Å². The molecule has 1 aliphatic rings. The Kier molecular flexibility index (Phi) is 7.73. The molecule has 0 saturated heterocycles. The molecule has 6 heteroatoms. The van der Waals surface area contributed by atoms with Gasteiger partial charge in [-0.25, -0.2) is 4.98 Å². The predicted octanol–water partition coefficient (Wildman–Crippen LogP) is 3.35. The fraction of sp³-hybridized carbons (Fsp3) is 0.278. The number of rotatable bonds is 4. The molecule has 0 unspecified atom stereocenters. The Morgan fingerprint density at radius 3 is 2.88 bits per heavy atom. The van der Waals surface area contributed by atoms with Gasteiger partial charge in [-0.2, -0.15) is 0 Å². The number of nitrogens with zero attached hydrogens (tertiary/aromatic N) is 3. The average Bonchev–Trinajstić information content (AvgIpc) is 3.15. The minimum Gasteiger partial charge on any atom is -0.429 e. The van der Waals surface area contributed by atoms with Crippen LogP contribution in [0.2, 0.25) is 0 Å². The largest absolute Gasteiger partial charge is 1.00 e. The van der Waals surface area contributed by atoms with Gasteiger partial charge in [-0.15, -0.1) is 0 Å². The summed E-state index contributed by atoms with van der Waals surface area (Å²) in [4.78, 5) is 20.0. The summed E-state index contributed by atoms with van der Waals surface area (Å²) in [6.07, 6.45) is 11.4. The maximum Gasteiger partial charge on any atom is 1.00 e. The van der Waals surface area contributed by atoms with Gasteiger partial charge in [-0.3, -0.25) is 4.79 Å². The number of amides is 1. The zero-order valence-corrected chi connectivity index (χ0v) is 15.8. The molecule has 3 rings (SSSR count). The van der Waals surface area contributed by atoms with Crippen molar-refractivity contribution < 1.29 is 24.3 Å². The van der Waals surface area contributed by atoms with Gasteiger partial charge < -0.3 is 14.9 Å². The van der Waals surface area contributed by atoms with E-state index in [4.69, 9.17) is 0 Å². The topological polar surface area (TPSA) is 59.8 Å². The monoisotopic (exact) mass is 411 g/mol. The van der Waals surface area contributed by atoms with Crippen molar-refractivity contribution in [3.8, 4) is 5.69 Å². The molecule has 0 aromatic carbocycles. The van der Waals surface area contributed by atoms with Gasteiger partial charge in [0.1, 0.15) is 5.82 Å². The zero-order valence-electron chi connectivity index (χ0n) is 14.1. The van der Waals surface area contributed by atoms with Gasteiger partial charge in [0.15, 0.2) is 0 Å². The molecule has 1 amide bonds. The van der Waals surface area contributed by atoms with Crippen molar-refractivity contribution in [2.45, 2.75) is 33.6 Å². The second-order valence-corrected chi connectivity index (χ2v) is 4.75. The van der Waals surface area contributed by atoms with Gasteiger partial charge in [0.2, 0.25) is 5.91 Å². The number of allylic oxidation sites excluding steroid dienone is 2. The Labute approximate surface area is 155 Å². The molecule has 3 heterocycles. The van der Waals surface area contributed by atoms with Crippen molar-refractivity contribution in [3.63, 3.8) is 0 Å². The van der Waals surface area contributed by atoms with Gasteiger partial charge in [-0.05, 0) is 16.9 Å². The molecule has 24 heavy (non-hydrogen) atoms. The van der Waals surface area contributed by atoms with E-state index in [1.54, 1.807) is 12.3 Å². The summed E-state index contributed by atoms with van der Waals surface area (Å²) in [7, 11) is 0. The van der Waals surface area contributed by atoms with Crippen LogP contribution in [0.4, 0.5) is 5.82 Å². The number of hydrogen-bond acceptors (Lipinski definition) is 3. The van der Waals surface area contributed by atoms with Gasteiger partial charge >= 0.3 is 19.5 Å². The van der Waals surface area contributed by atoms with Crippen LogP contribution in [0.1, 0.15) is 37.7 Å². The standard InChI is InChI=1S/C16H15N4O.C2H6.Ru/c1-3-5-6-13-14(4-2)20(10-18-13)12-7-11-8-15(21)19-16(11)17-9-12;1-2;/h3,5-7,9H,1,4,8H2,2H3,(H,17,19,21);1-2H3;/q-1;;+1/b6-5-;;. The summed E-state index contributed by atoms with van der Waals surface area (Å²) in [5, 5.41) is 2.73. The fourth-order valence-electron chi connectivity index (χ4n) is 2.41. The molecule has 0 saturated carbocycles. The van der Waals surface area contributed by atoms with Crippen LogP contribution in [0.15, 0.2) is 31.0 Å². The molecule has 1 N–H and O–H groups in total. The van der Waals surface area contributed by atoms with Crippen LogP contribution in [0.5, 0.6) is 0 Å². The third kappa shape index (κ3) is 4.06. The first kappa shape index (κ1) is 20.0. The number of fused-ring (bicyclic) bond motifs is 1. The van der Waals surface area contributed by atoms with Crippen molar-refractivity contribution in [3.05, 3.63) is 54.3 Å². The molecule has 2 aromatic heterocycles. The number of pyridine rings is 1. The van der Waals surface area contributed by atoms with E-state index in [0.717, 1.165) is 29.1 Å². The SMILES string of the molecule is C=C/C=C\c1n[c-]n(-c2cnc3c(c2)CC(=O)N3)c1CC.CC.[Ru+]. The Morgan fingerprint density at radius 1 is 1.46 bits per heavy atom. The molecule has 0 spiro atoms. The van der Waals surface area contributed by atoms with Crippen LogP contribution in [0, 0.1) is 6.33 Å². The van der Waals surface area contributed by atoms with E-state index < -0.39 is 0 Å². The summed E-state index contributed by atoms with van der Waals surface area (Å²) in [5.74, 6) is 0.628. The molecule has 0 atom stereocenters. The van der Waals surface area contributed by atoms with Crippen LogP contribution < -0.4 is 5.32 Å².